The summed E-state index contributed by atoms with van der Waals surface area (Å²) in [7, 11) is 1.71. The van der Waals surface area contributed by atoms with Gasteiger partial charge in [0.1, 0.15) is 0 Å². The van der Waals surface area contributed by atoms with Crippen molar-refractivity contribution < 1.29 is 9.15 Å². The minimum Gasteiger partial charge on any atom is -0.441 e. The Morgan fingerprint density at radius 2 is 2.37 bits per heavy atom. The molecule has 0 spiro atoms. The van der Waals surface area contributed by atoms with Crippen LogP contribution in [0.1, 0.15) is 12.3 Å². The lowest BCUT2D eigenvalue weighted by Gasteiger charge is -2.01. The third kappa shape index (κ3) is 4.87. The summed E-state index contributed by atoms with van der Waals surface area (Å²) >= 11 is 4.03. The van der Waals surface area contributed by atoms with Crippen LogP contribution in [-0.4, -0.2) is 31.8 Å². The normalized spacial score (nSPS) is 11.1. The van der Waals surface area contributed by atoms with E-state index in [0.717, 1.165) is 49.8 Å². The molecule has 0 aliphatic rings. The molecule has 2 aromatic rings. The third-order valence-corrected chi connectivity index (χ3v) is 4.42. The maximum Gasteiger partial charge on any atom is 0.194 e. The summed E-state index contributed by atoms with van der Waals surface area (Å²) in [5.74, 6) is 1.67. The van der Waals surface area contributed by atoms with Crippen LogP contribution in [0.25, 0.3) is 11.3 Å². The van der Waals surface area contributed by atoms with Gasteiger partial charge in [-0.25, -0.2) is 4.98 Å². The van der Waals surface area contributed by atoms with Crippen LogP contribution < -0.4 is 5.32 Å². The van der Waals surface area contributed by atoms with E-state index in [2.05, 4.69) is 44.3 Å². The van der Waals surface area contributed by atoms with E-state index in [1.807, 2.05) is 6.20 Å². The van der Waals surface area contributed by atoms with Gasteiger partial charge in [-0.2, -0.15) is 0 Å². The van der Waals surface area contributed by atoms with Crippen LogP contribution in [0, 0.1) is 2.88 Å². The number of aromatic nitrogens is 1. The fraction of sp³-hybridized carbons (Fsp3) is 0.462. The maximum atomic E-state index is 5.75. The highest BCUT2D eigenvalue weighted by Gasteiger charge is 2.07. The zero-order valence-corrected chi connectivity index (χ0v) is 13.8. The van der Waals surface area contributed by atoms with Gasteiger partial charge in [0.25, 0.3) is 0 Å². The van der Waals surface area contributed by atoms with E-state index in [4.69, 9.17) is 9.15 Å². The number of hydrogen-bond donors (Lipinski definition) is 1. The second-order valence-corrected chi connectivity index (χ2v) is 6.91. The molecule has 0 aliphatic heterocycles. The predicted octanol–water partition coefficient (Wildman–Crippen LogP) is 3.18. The van der Waals surface area contributed by atoms with E-state index in [0.29, 0.717) is 0 Å². The summed E-state index contributed by atoms with van der Waals surface area (Å²) < 4.78 is 12.0. The van der Waals surface area contributed by atoms with Crippen LogP contribution in [0.2, 0.25) is 0 Å². The molecule has 2 rings (SSSR count). The van der Waals surface area contributed by atoms with Gasteiger partial charge in [0, 0.05) is 31.0 Å². The van der Waals surface area contributed by atoms with Crippen LogP contribution in [0.5, 0.6) is 0 Å². The molecule has 0 aliphatic carbocycles. The van der Waals surface area contributed by atoms with Gasteiger partial charge in [-0.3, -0.25) is 0 Å². The highest BCUT2D eigenvalue weighted by molar-refractivity contribution is 14.1. The van der Waals surface area contributed by atoms with Crippen LogP contribution in [0.3, 0.4) is 0 Å². The number of ether oxygens (including phenoxy) is 1. The monoisotopic (exact) mass is 392 g/mol. The lowest BCUT2D eigenvalue weighted by atomic mass is 10.3. The van der Waals surface area contributed by atoms with Crippen molar-refractivity contribution in [1.82, 2.24) is 10.3 Å². The van der Waals surface area contributed by atoms with Crippen molar-refractivity contribution in [3.8, 4) is 11.3 Å². The zero-order valence-electron chi connectivity index (χ0n) is 10.8. The maximum absolute atomic E-state index is 5.75. The second kappa shape index (κ2) is 7.98. The number of oxazole rings is 1. The Bertz CT molecular complexity index is 498. The van der Waals surface area contributed by atoms with E-state index < -0.39 is 0 Å². The summed E-state index contributed by atoms with van der Waals surface area (Å²) in [4.78, 5) is 4.32. The van der Waals surface area contributed by atoms with Crippen molar-refractivity contribution in [2.75, 3.05) is 26.8 Å². The second-order valence-electron chi connectivity index (χ2n) is 4.10. The average molecular weight is 392 g/mol. The van der Waals surface area contributed by atoms with E-state index >= 15 is 0 Å². The first-order chi connectivity index (χ1) is 9.29. The number of halogens is 1. The summed E-state index contributed by atoms with van der Waals surface area (Å²) in [6.07, 6.45) is 3.69. The highest BCUT2D eigenvalue weighted by Crippen LogP contribution is 2.27. The van der Waals surface area contributed by atoms with E-state index in [9.17, 15) is 0 Å². The van der Waals surface area contributed by atoms with Gasteiger partial charge in [-0.05, 0) is 41.6 Å². The fourth-order valence-electron chi connectivity index (χ4n) is 1.66. The van der Waals surface area contributed by atoms with Gasteiger partial charge in [0.15, 0.2) is 11.7 Å². The van der Waals surface area contributed by atoms with Crippen molar-refractivity contribution in [3.05, 3.63) is 26.4 Å². The molecular weight excluding hydrogens is 375 g/mol. The van der Waals surface area contributed by atoms with Crippen molar-refractivity contribution in [3.63, 3.8) is 0 Å². The molecule has 2 heterocycles. The van der Waals surface area contributed by atoms with Crippen LogP contribution in [0.15, 0.2) is 22.1 Å². The fourth-order valence-corrected chi connectivity index (χ4v) is 3.00. The standard InChI is InChI=1S/C13H17IN2O2S/c1-17-6-5-15-4-2-3-13-16-8-11(18-13)10-7-12(14)19-9-10/h7-9,15H,2-6H2,1H3. The number of hydrogen-bond acceptors (Lipinski definition) is 5. The van der Waals surface area contributed by atoms with Gasteiger partial charge in [0.2, 0.25) is 0 Å². The number of nitrogens with zero attached hydrogens (tertiary/aromatic N) is 1. The minimum atomic E-state index is 0.750. The topological polar surface area (TPSA) is 47.3 Å². The number of rotatable bonds is 8. The summed E-state index contributed by atoms with van der Waals surface area (Å²) in [5, 5.41) is 5.40. The van der Waals surface area contributed by atoms with Gasteiger partial charge < -0.3 is 14.5 Å². The largest absolute Gasteiger partial charge is 0.441 e. The molecule has 0 saturated carbocycles. The molecule has 4 nitrogen and oxygen atoms in total. The first-order valence-electron chi connectivity index (χ1n) is 6.18. The third-order valence-electron chi connectivity index (χ3n) is 2.63. The Balaban J connectivity index is 1.75. The molecule has 0 amide bonds. The first kappa shape index (κ1) is 15.0. The van der Waals surface area contributed by atoms with Gasteiger partial charge in [0.05, 0.1) is 15.7 Å². The molecule has 0 aromatic carbocycles. The van der Waals surface area contributed by atoms with E-state index in [1.165, 1.54) is 2.88 Å². The Morgan fingerprint density at radius 3 is 3.11 bits per heavy atom. The predicted molar refractivity (Wildman–Crippen MR) is 85.6 cm³/mol. The van der Waals surface area contributed by atoms with Crippen molar-refractivity contribution in [2.24, 2.45) is 0 Å². The number of thiophene rings is 1. The number of nitrogens with one attached hydrogen (secondary N) is 1. The molecule has 104 valence electrons. The van der Waals surface area contributed by atoms with Crippen LogP contribution in [-0.2, 0) is 11.2 Å². The molecule has 1 N–H and O–H groups in total. The Morgan fingerprint density at radius 1 is 1.47 bits per heavy atom. The van der Waals surface area contributed by atoms with Gasteiger partial charge >= 0.3 is 0 Å². The molecule has 0 radical (unpaired) electrons. The lowest BCUT2D eigenvalue weighted by molar-refractivity contribution is 0.199. The molecule has 6 heteroatoms. The highest BCUT2D eigenvalue weighted by atomic mass is 127. The van der Waals surface area contributed by atoms with Crippen molar-refractivity contribution in [2.45, 2.75) is 12.8 Å². The lowest BCUT2D eigenvalue weighted by Crippen LogP contribution is -2.20. The molecule has 0 fully saturated rings. The molecular formula is C13H17IN2O2S. The first-order valence-corrected chi connectivity index (χ1v) is 8.14. The summed E-state index contributed by atoms with van der Waals surface area (Å²) in [6.45, 7) is 2.60. The molecule has 19 heavy (non-hydrogen) atoms. The number of methoxy groups -OCH3 is 1. The Labute approximate surface area is 130 Å². The molecule has 0 bridgehead atoms. The SMILES string of the molecule is COCCNCCCc1ncc(-c2csc(I)c2)o1. The van der Waals surface area contributed by atoms with E-state index in [1.54, 1.807) is 18.4 Å². The minimum absolute atomic E-state index is 0.750. The summed E-state index contributed by atoms with van der Waals surface area (Å²) in [5.41, 5.74) is 1.12. The molecule has 0 unspecified atom stereocenters. The number of aryl methyl sites for hydroxylation is 1. The van der Waals surface area contributed by atoms with Gasteiger partial charge in [-0.15, -0.1) is 11.3 Å². The quantitative estimate of drug-likeness (QED) is 0.554. The Kier molecular flexibility index (Phi) is 6.29. The van der Waals surface area contributed by atoms with Gasteiger partial charge in [-0.1, -0.05) is 0 Å². The average Bonchev–Trinajstić information content (AvgIpc) is 3.02. The van der Waals surface area contributed by atoms with Crippen LogP contribution >= 0.6 is 33.9 Å². The smallest absolute Gasteiger partial charge is 0.194 e. The molecule has 2 aromatic heterocycles. The summed E-state index contributed by atoms with van der Waals surface area (Å²) in [6, 6.07) is 2.11. The Hall–Kier alpha value is -0.440. The van der Waals surface area contributed by atoms with Crippen molar-refractivity contribution >= 4 is 33.9 Å². The molecule has 0 saturated heterocycles. The zero-order chi connectivity index (χ0) is 13.5. The van der Waals surface area contributed by atoms with E-state index in [-0.39, 0.29) is 0 Å². The molecule has 0 atom stereocenters. The van der Waals surface area contributed by atoms with Crippen molar-refractivity contribution in [1.29, 1.82) is 0 Å². The van der Waals surface area contributed by atoms with Crippen LogP contribution in [0.4, 0.5) is 0 Å².